The highest BCUT2D eigenvalue weighted by molar-refractivity contribution is 6.30. The molecular weight excluding hydrogens is 250 g/mol. The van der Waals surface area contributed by atoms with Gasteiger partial charge in [-0.25, -0.2) is 0 Å². The molecule has 1 unspecified atom stereocenters. The molecule has 0 amide bonds. The van der Waals surface area contributed by atoms with E-state index < -0.39 is 0 Å². The number of nitrogens with two attached hydrogens (primary N) is 1. The molecule has 0 saturated carbocycles. The predicted molar refractivity (Wildman–Crippen MR) is 70.1 cm³/mol. The molecule has 0 saturated heterocycles. The number of hydrogen-bond donors (Lipinski definition) is 1. The molecule has 94 valence electrons. The van der Waals surface area contributed by atoms with Gasteiger partial charge in [0.05, 0.1) is 18.9 Å². The van der Waals surface area contributed by atoms with Gasteiger partial charge in [-0.1, -0.05) is 11.6 Å². The Morgan fingerprint density at radius 1 is 1.33 bits per heavy atom. The molecule has 18 heavy (non-hydrogen) atoms. The van der Waals surface area contributed by atoms with E-state index in [0.29, 0.717) is 11.6 Å². The molecule has 0 fully saturated rings. The topological polar surface area (TPSA) is 48.4 Å². The summed E-state index contributed by atoms with van der Waals surface area (Å²) in [5, 5.41) is 0.699. The van der Waals surface area contributed by atoms with Crippen LogP contribution in [-0.2, 0) is 6.42 Å². The molecule has 3 nitrogen and oxygen atoms in total. The fourth-order valence-electron chi connectivity index (χ4n) is 2.34. The van der Waals surface area contributed by atoms with E-state index in [1.807, 2.05) is 25.1 Å². The Morgan fingerprint density at radius 2 is 2.17 bits per heavy atom. The molecule has 1 aromatic carbocycles. The Morgan fingerprint density at radius 3 is 2.89 bits per heavy atom. The molecule has 1 aliphatic rings. The molecule has 2 N–H and O–H groups in total. The van der Waals surface area contributed by atoms with Crippen molar-refractivity contribution in [1.29, 1.82) is 0 Å². The molecule has 1 aromatic heterocycles. The molecule has 1 atom stereocenters. The summed E-state index contributed by atoms with van der Waals surface area (Å²) in [4.78, 5) is 0. The molecule has 0 radical (unpaired) electrons. The molecule has 3 rings (SSSR count). The quantitative estimate of drug-likeness (QED) is 0.905. The van der Waals surface area contributed by atoms with Gasteiger partial charge in [0.2, 0.25) is 0 Å². The highest BCUT2D eigenvalue weighted by Gasteiger charge is 2.23. The molecule has 2 aromatic rings. The number of ether oxygens (including phenoxy) is 1. The van der Waals surface area contributed by atoms with Gasteiger partial charge < -0.3 is 14.9 Å². The first-order valence-corrected chi connectivity index (χ1v) is 6.28. The molecule has 0 bridgehead atoms. The van der Waals surface area contributed by atoms with Crippen molar-refractivity contribution in [1.82, 2.24) is 0 Å². The number of rotatable bonds is 2. The van der Waals surface area contributed by atoms with Crippen LogP contribution in [0.5, 0.6) is 5.75 Å². The maximum absolute atomic E-state index is 6.27. The van der Waals surface area contributed by atoms with Gasteiger partial charge in [0.15, 0.2) is 0 Å². The number of furan rings is 1. The second-order valence-electron chi connectivity index (χ2n) is 4.55. The Labute approximate surface area is 110 Å². The summed E-state index contributed by atoms with van der Waals surface area (Å²) in [6.45, 7) is 2.59. The maximum atomic E-state index is 6.27. The fraction of sp³-hybridized carbons (Fsp3) is 0.286. The number of fused-ring (bicyclic) bond motifs is 1. The minimum Gasteiger partial charge on any atom is -0.493 e. The second kappa shape index (κ2) is 4.34. The summed E-state index contributed by atoms with van der Waals surface area (Å²) < 4.78 is 11.0. The molecule has 2 heterocycles. The van der Waals surface area contributed by atoms with Crippen LogP contribution in [0.2, 0.25) is 5.02 Å². The maximum Gasteiger partial charge on any atom is 0.127 e. The number of halogens is 1. The van der Waals surface area contributed by atoms with E-state index in [1.165, 1.54) is 0 Å². The molecule has 0 spiro atoms. The third kappa shape index (κ3) is 1.89. The van der Waals surface area contributed by atoms with Crippen molar-refractivity contribution in [2.45, 2.75) is 19.4 Å². The Kier molecular flexibility index (Phi) is 2.80. The Bertz CT molecular complexity index is 591. The van der Waals surface area contributed by atoms with Crippen LogP contribution in [0.1, 0.15) is 28.5 Å². The average molecular weight is 264 g/mol. The van der Waals surface area contributed by atoms with Crippen LogP contribution in [0.4, 0.5) is 0 Å². The van der Waals surface area contributed by atoms with E-state index in [-0.39, 0.29) is 6.04 Å². The van der Waals surface area contributed by atoms with Gasteiger partial charge in [-0.05, 0) is 30.7 Å². The van der Waals surface area contributed by atoms with E-state index in [4.69, 9.17) is 26.5 Å². The van der Waals surface area contributed by atoms with E-state index in [9.17, 15) is 0 Å². The van der Waals surface area contributed by atoms with Crippen molar-refractivity contribution in [3.8, 4) is 5.75 Å². The zero-order chi connectivity index (χ0) is 12.7. The summed E-state index contributed by atoms with van der Waals surface area (Å²) >= 11 is 6.13. The minimum atomic E-state index is -0.270. The summed E-state index contributed by atoms with van der Waals surface area (Å²) in [7, 11) is 0. The zero-order valence-electron chi connectivity index (χ0n) is 10.1. The van der Waals surface area contributed by atoms with Crippen LogP contribution in [0, 0.1) is 6.92 Å². The number of aryl methyl sites for hydroxylation is 1. The van der Waals surface area contributed by atoms with Crippen molar-refractivity contribution >= 4 is 11.6 Å². The lowest BCUT2D eigenvalue weighted by atomic mass is 9.98. The van der Waals surface area contributed by atoms with Gasteiger partial charge in [-0.3, -0.25) is 0 Å². The summed E-state index contributed by atoms with van der Waals surface area (Å²) in [5.74, 6) is 1.73. The highest BCUT2D eigenvalue weighted by atomic mass is 35.5. The van der Waals surface area contributed by atoms with Crippen molar-refractivity contribution < 1.29 is 9.15 Å². The third-order valence-corrected chi connectivity index (χ3v) is 3.44. The summed E-state index contributed by atoms with van der Waals surface area (Å²) in [6, 6.07) is 5.49. The first kappa shape index (κ1) is 11.6. The minimum absolute atomic E-state index is 0.270. The van der Waals surface area contributed by atoms with Crippen LogP contribution in [0.3, 0.4) is 0 Å². The van der Waals surface area contributed by atoms with Crippen LogP contribution in [0.15, 0.2) is 28.9 Å². The largest absolute Gasteiger partial charge is 0.493 e. The highest BCUT2D eigenvalue weighted by Crippen LogP contribution is 2.37. The van der Waals surface area contributed by atoms with Gasteiger partial charge in [0.1, 0.15) is 11.5 Å². The lowest BCUT2D eigenvalue weighted by molar-refractivity contribution is 0.352. The van der Waals surface area contributed by atoms with Gasteiger partial charge in [0.25, 0.3) is 0 Å². The van der Waals surface area contributed by atoms with Crippen molar-refractivity contribution in [3.63, 3.8) is 0 Å². The standard InChI is InChI=1S/C14H14ClNO2/c1-8-4-10(7-18-8)13(16)12-6-11(15)5-9-2-3-17-14(9)12/h4-7,13H,2-3,16H2,1H3. The summed E-state index contributed by atoms with van der Waals surface area (Å²) in [6.07, 6.45) is 2.57. The molecule has 4 heteroatoms. The smallest absolute Gasteiger partial charge is 0.127 e. The Hall–Kier alpha value is -1.45. The second-order valence-corrected chi connectivity index (χ2v) is 4.99. The zero-order valence-corrected chi connectivity index (χ0v) is 10.8. The first-order valence-electron chi connectivity index (χ1n) is 5.91. The van der Waals surface area contributed by atoms with E-state index in [0.717, 1.165) is 34.6 Å². The summed E-state index contributed by atoms with van der Waals surface area (Å²) in [5.41, 5.74) is 9.27. The lowest BCUT2D eigenvalue weighted by Gasteiger charge is -2.14. The average Bonchev–Trinajstić information content (AvgIpc) is 2.95. The normalized spacial score (nSPS) is 15.3. The predicted octanol–water partition coefficient (Wildman–Crippen LogP) is 3.22. The molecule has 0 aliphatic carbocycles. The van der Waals surface area contributed by atoms with E-state index in [2.05, 4.69) is 0 Å². The first-order chi connectivity index (χ1) is 8.65. The van der Waals surface area contributed by atoms with Crippen LogP contribution in [-0.4, -0.2) is 6.61 Å². The van der Waals surface area contributed by atoms with Gasteiger partial charge in [0, 0.05) is 22.6 Å². The van der Waals surface area contributed by atoms with E-state index >= 15 is 0 Å². The SMILES string of the molecule is Cc1cc(C(N)c2cc(Cl)cc3c2OCC3)co1. The number of hydrogen-bond acceptors (Lipinski definition) is 3. The van der Waals surface area contributed by atoms with Crippen molar-refractivity contribution in [3.05, 3.63) is 51.9 Å². The lowest BCUT2D eigenvalue weighted by Crippen LogP contribution is -2.12. The van der Waals surface area contributed by atoms with Crippen LogP contribution in [0.25, 0.3) is 0 Å². The van der Waals surface area contributed by atoms with Crippen molar-refractivity contribution in [2.75, 3.05) is 6.61 Å². The van der Waals surface area contributed by atoms with Crippen molar-refractivity contribution in [2.24, 2.45) is 5.73 Å². The number of benzene rings is 1. The monoisotopic (exact) mass is 263 g/mol. The Balaban J connectivity index is 2.06. The van der Waals surface area contributed by atoms with Crippen LogP contribution >= 0.6 is 11.6 Å². The fourth-order valence-corrected chi connectivity index (χ4v) is 2.58. The van der Waals surface area contributed by atoms with Gasteiger partial charge in [-0.2, -0.15) is 0 Å². The van der Waals surface area contributed by atoms with E-state index in [1.54, 1.807) is 6.26 Å². The van der Waals surface area contributed by atoms with Gasteiger partial charge >= 0.3 is 0 Å². The van der Waals surface area contributed by atoms with Gasteiger partial charge in [-0.15, -0.1) is 0 Å². The molecular formula is C14H14ClNO2. The van der Waals surface area contributed by atoms with Crippen LogP contribution < -0.4 is 10.5 Å². The molecule has 1 aliphatic heterocycles. The third-order valence-electron chi connectivity index (χ3n) is 3.22.